The number of rotatable bonds is 6. The number of nitrogens with one attached hydrogen (secondary N) is 1. The van der Waals surface area contributed by atoms with Crippen LogP contribution in [0.25, 0.3) is 0 Å². The summed E-state index contributed by atoms with van der Waals surface area (Å²) in [4.78, 5) is 0. The molecule has 14 heavy (non-hydrogen) atoms. The summed E-state index contributed by atoms with van der Waals surface area (Å²) in [6, 6.07) is 1.25. The quantitative estimate of drug-likeness (QED) is 0.554. The van der Waals surface area contributed by atoms with Gasteiger partial charge in [0, 0.05) is 12.1 Å². The average molecular weight is 223 g/mol. The van der Waals surface area contributed by atoms with Gasteiger partial charge in [0.25, 0.3) is 0 Å². The first-order chi connectivity index (χ1) is 6.54. The highest BCUT2D eigenvalue weighted by molar-refractivity contribution is 7.26. The Kier molecular flexibility index (Phi) is 15.9. The van der Waals surface area contributed by atoms with Crippen LogP contribution in [0.15, 0.2) is 0 Å². The van der Waals surface area contributed by atoms with Crippen molar-refractivity contribution in [2.45, 2.75) is 53.6 Å². The molecule has 0 heterocycles. The lowest BCUT2D eigenvalue weighted by molar-refractivity contribution is 0.288. The zero-order chi connectivity index (χ0) is 11.4. The van der Waals surface area contributed by atoms with E-state index >= 15 is 0 Å². The van der Waals surface area contributed by atoms with Crippen LogP contribution in [-0.2, 0) is 9.05 Å². The first-order valence-electron chi connectivity index (χ1n) is 5.29. The minimum absolute atomic E-state index is 0.232. The maximum Gasteiger partial charge on any atom is 0.155 e. The highest BCUT2D eigenvalue weighted by Crippen LogP contribution is 2.10. The Morgan fingerprint density at radius 2 is 1.29 bits per heavy atom. The highest BCUT2D eigenvalue weighted by Gasteiger charge is 1.92. The largest absolute Gasteiger partial charge is 0.337 e. The van der Waals surface area contributed by atoms with Crippen molar-refractivity contribution in [3.8, 4) is 0 Å². The van der Waals surface area contributed by atoms with Gasteiger partial charge in [0.1, 0.15) is 0 Å². The van der Waals surface area contributed by atoms with Crippen LogP contribution in [0.2, 0.25) is 0 Å². The zero-order valence-corrected chi connectivity index (χ0v) is 11.4. The summed E-state index contributed by atoms with van der Waals surface area (Å²) in [6.07, 6.45) is 0. The first-order valence-corrected chi connectivity index (χ1v) is 6.10. The summed E-state index contributed by atoms with van der Waals surface area (Å²) in [5.41, 5.74) is 0. The van der Waals surface area contributed by atoms with Gasteiger partial charge in [-0.15, -0.1) is 0 Å². The molecule has 88 valence electrons. The molecular weight excluding hydrogens is 197 g/mol. The summed E-state index contributed by atoms with van der Waals surface area (Å²) < 4.78 is 9.76. The molecule has 0 aromatic rings. The standard InChI is InChI=1S/C6H15N.C4H11O2P/c1-5(2)7-6(3)4;1-3-5-7-6-4-2/h5-7H,1-4H3;7H,3-4H2,1-2H3. The molecule has 0 amide bonds. The number of hydrogen-bond acceptors (Lipinski definition) is 3. The Morgan fingerprint density at radius 1 is 0.929 bits per heavy atom. The molecule has 0 atom stereocenters. The summed E-state index contributed by atoms with van der Waals surface area (Å²) in [5, 5.41) is 3.31. The molecule has 0 spiro atoms. The SMILES string of the molecule is CC(C)NC(C)C.CCOPOCC. The lowest BCUT2D eigenvalue weighted by Gasteiger charge is -2.10. The molecule has 0 aromatic heterocycles. The van der Waals surface area contributed by atoms with E-state index in [0.29, 0.717) is 12.1 Å². The van der Waals surface area contributed by atoms with Crippen molar-refractivity contribution in [2.75, 3.05) is 13.2 Å². The fourth-order valence-corrected chi connectivity index (χ4v) is 1.15. The molecule has 0 unspecified atom stereocenters. The average Bonchev–Trinajstić information content (AvgIpc) is 2.04. The van der Waals surface area contributed by atoms with Crippen LogP contribution in [0.1, 0.15) is 41.5 Å². The molecule has 4 heteroatoms. The highest BCUT2D eigenvalue weighted by atomic mass is 31.1. The fraction of sp³-hybridized carbons (Fsp3) is 1.00. The van der Waals surface area contributed by atoms with Gasteiger partial charge in [-0.3, -0.25) is 0 Å². The summed E-state index contributed by atoms with van der Waals surface area (Å²) in [5.74, 6) is 0. The van der Waals surface area contributed by atoms with Crippen molar-refractivity contribution >= 4 is 9.03 Å². The normalized spacial score (nSPS) is 10.3. The van der Waals surface area contributed by atoms with Crippen molar-refractivity contribution in [1.82, 2.24) is 5.32 Å². The molecule has 0 bridgehead atoms. The van der Waals surface area contributed by atoms with E-state index in [0.717, 1.165) is 13.2 Å². The zero-order valence-electron chi connectivity index (χ0n) is 10.4. The van der Waals surface area contributed by atoms with Gasteiger partial charge in [0.05, 0.1) is 13.2 Å². The van der Waals surface area contributed by atoms with Crippen LogP contribution in [-0.4, -0.2) is 25.3 Å². The fourth-order valence-electron chi connectivity index (χ4n) is 0.826. The van der Waals surface area contributed by atoms with Gasteiger partial charge in [-0.25, -0.2) is 0 Å². The van der Waals surface area contributed by atoms with Crippen molar-refractivity contribution in [3.63, 3.8) is 0 Å². The summed E-state index contributed by atoms with van der Waals surface area (Å²) in [7, 11) is 0.232. The third-order valence-electron chi connectivity index (χ3n) is 1.07. The lowest BCUT2D eigenvalue weighted by atomic mass is 10.3. The van der Waals surface area contributed by atoms with Crippen LogP contribution in [0.4, 0.5) is 0 Å². The Bertz CT molecular complexity index is 90.1. The maximum atomic E-state index is 4.88. The van der Waals surface area contributed by atoms with Crippen LogP contribution in [0.5, 0.6) is 0 Å². The van der Waals surface area contributed by atoms with Gasteiger partial charge in [-0.1, -0.05) is 27.7 Å². The van der Waals surface area contributed by atoms with E-state index in [4.69, 9.17) is 9.05 Å². The van der Waals surface area contributed by atoms with Crippen LogP contribution in [0, 0.1) is 0 Å². The van der Waals surface area contributed by atoms with E-state index in [1.54, 1.807) is 0 Å². The topological polar surface area (TPSA) is 30.5 Å². The molecule has 0 rings (SSSR count). The van der Waals surface area contributed by atoms with E-state index in [1.807, 2.05) is 13.8 Å². The second-order valence-electron chi connectivity index (χ2n) is 3.43. The predicted octanol–water partition coefficient (Wildman–Crippen LogP) is 2.96. The Morgan fingerprint density at radius 3 is 1.43 bits per heavy atom. The molecule has 3 nitrogen and oxygen atoms in total. The van der Waals surface area contributed by atoms with E-state index in [9.17, 15) is 0 Å². The van der Waals surface area contributed by atoms with Gasteiger partial charge in [-0.2, -0.15) is 0 Å². The molecule has 0 saturated carbocycles. The molecule has 0 aromatic carbocycles. The van der Waals surface area contributed by atoms with Crippen molar-refractivity contribution in [2.24, 2.45) is 0 Å². The third kappa shape index (κ3) is 22.8. The molecule has 0 saturated heterocycles. The molecule has 0 radical (unpaired) electrons. The lowest BCUT2D eigenvalue weighted by Crippen LogP contribution is -2.29. The minimum Gasteiger partial charge on any atom is -0.337 e. The minimum atomic E-state index is 0.232. The van der Waals surface area contributed by atoms with E-state index in [-0.39, 0.29) is 9.03 Å². The van der Waals surface area contributed by atoms with Crippen LogP contribution >= 0.6 is 9.03 Å². The molecule has 0 aliphatic carbocycles. The Labute approximate surface area is 90.9 Å². The van der Waals surface area contributed by atoms with Gasteiger partial charge in [-0.05, 0) is 13.8 Å². The number of hydrogen-bond donors (Lipinski definition) is 1. The van der Waals surface area contributed by atoms with Crippen LogP contribution in [0.3, 0.4) is 0 Å². The first kappa shape index (κ1) is 16.7. The van der Waals surface area contributed by atoms with Gasteiger partial charge >= 0.3 is 0 Å². The van der Waals surface area contributed by atoms with Gasteiger partial charge in [0.15, 0.2) is 9.03 Å². The van der Waals surface area contributed by atoms with Crippen molar-refractivity contribution in [1.29, 1.82) is 0 Å². The Hall–Kier alpha value is 0.310. The summed E-state index contributed by atoms with van der Waals surface area (Å²) >= 11 is 0. The second-order valence-corrected chi connectivity index (χ2v) is 4.17. The molecule has 0 fully saturated rings. The molecule has 1 N–H and O–H groups in total. The summed E-state index contributed by atoms with van der Waals surface area (Å²) in [6.45, 7) is 14.0. The Balaban J connectivity index is 0. The van der Waals surface area contributed by atoms with Gasteiger partial charge < -0.3 is 14.4 Å². The van der Waals surface area contributed by atoms with Crippen LogP contribution < -0.4 is 5.32 Å². The molecular formula is C10H26NO2P. The van der Waals surface area contributed by atoms with E-state index in [1.165, 1.54) is 0 Å². The third-order valence-corrected chi connectivity index (χ3v) is 1.89. The molecule has 0 aliphatic heterocycles. The van der Waals surface area contributed by atoms with Crippen molar-refractivity contribution < 1.29 is 9.05 Å². The predicted molar refractivity (Wildman–Crippen MR) is 65.0 cm³/mol. The smallest absolute Gasteiger partial charge is 0.155 e. The molecule has 0 aliphatic rings. The second kappa shape index (κ2) is 13.3. The maximum absolute atomic E-state index is 4.88. The van der Waals surface area contributed by atoms with Gasteiger partial charge in [0.2, 0.25) is 0 Å². The van der Waals surface area contributed by atoms with Crippen molar-refractivity contribution in [3.05, 3.63) is 0 Å². The van der Waals surface area contributed by atoms with E-state index < -0.39 is 0 Å². The van der Waals surface area contributed by atoms with E-state index in [2.05, 4.69) is 33.0 Å². The monoisotopic (exact) mass is 223 g/mol.